The van der Waals surface area contributed by atoms with Gasteiger partial charge in [-0.1, -0.05) is 23.4 Å². The lowest BCUT2D eigenvalue weighted by Gasteiger charge is -1.96. The average molecular weight is 239 g/mol. The maximum absolute atomic E-state index is 10.7. The summed E-state index contributed by atoms with van der Waals surface area (Å²) in [5.41, 5.74) is 0.343. The highest BCUT2D eigenvalue weighted by Crippen LogP contribution is 2.21. The molecule has 0 aliphatic rings. The Balaban J connectivity index is 2.95. The Morgan fingerprint density at radius 3 is 2.94 bits per heavy atom. The van der Waals surface area contributed by atoms with Crippen molar-refractivity contribution in [2.75, 3.05) is 13.6 Å². The molecule has 1 aromatic rings. The Morgan fingerprint density at radius 2 is 2.31 bits per heavy atom. The number of nitro groups is 1. The van der Waals surface area contributed by atoms with E-state index in [4.69, 9.17) is 11.6 Å². The van der Waals surface area contributed by atoms with E-state index in [1.807, 2.05) is 7.05 Å². The molecule has 84 valence electrons. The maximum atomic E-state index is 10.7. The monoisotopic (exact) mass is 238 g/mol. The molecule has 0 saturated carbocycles. The molecule has 1 N–H and O–H groups in total. The lowest BCUT2D eigenvalue weighted by molar-refractivity contribution is -0.385. The number of hydrogen-bond acceptors (Lipinski definition) is 3. The normalized spacial score (nSPS) is 9.38. The molecule has 0 bridgehead atoms. The highest BCUT2D eigenvalue weighted by molar-refractivity contribution is 6.30. The van der Waals surface area contributed by atoms with Crippen molar-refractivity contribution in [3.63, 3.8) is 0 Å². The molecule has 1 rings (SSSR count). The van der Waals surface area contributed by atoms with Gasteiger partial charge in [0.15, 0.2) is 0 Å². The van der Waals surface area contributed by atoms with Crippen LogP contribution in [0.3, 0.4) is 0 Å². The van der Waals surface area contributed by atoms with Gasteiger partial charge in [0.05, 0.1) is 4.92 Å². The lowest BCUT2D eigenvalue weighted by Crippen LogP contribution is -2.05. The number of nitrogens with one attached hydrogen (secondary N) is 1. The summed E-state index contributed by atoms with van der Waals surface area (Å²) < 4.78 is 0. The molecule has 0 heterocycles. The number of rotatable bonds is 3. The van der Waals surface area contributed by atoms with E-state index in [9.17, 15) is 10.1 Å². The van der Waals surface area contributed by atoms with Crippen molar-refractivity contribution in [1.82, 2.24) is 5.32 Å². The van der Waals surface area contributed by atoms with Crippen molar-refractivity contribution in [1.29, 1.82) is 0 Å². The maximum Gasteiger partial charge on any atom is 0.285 e. The predicted molar refractivity (Wildman–Crippen MR) is 63.5 cm³/mol. The Hall–Kier alpha value is -1.57. The minimum atomic E-state index is -0.460. The molecule has 0 spiro atoms. The van der Waals surface area contributed by atoms with Crippen LogP contribution < -0.4 is 5.32 Å². The van der Waals surface area contributed by atoms with Gasteiger partial charge in [-0.3, -0.25) is 10.1 Å². The fourth-order valence-electron chi connectivity index (χ4n) is 1.11. The summed E-state index contributed by atoms with van der Waals surface area (Å²) in [5.74, 6) is 5.60. The minimum absolute atomic E-state index is 0.0126. The molecule has 0 saturated heterocycles. The first-order chi connectivity index (χ1) is 7.65. The van der Waals surface area contributed by atoms with E-state index < -0.39 is 4.92 Å². The second-order valence-electron chi connectivity index (χ2n) is 3.07. The molecule has 5 heteroatoms. The molecule has 0 fully saturated rings. The Kier molecular flexibility index (Phi) is 4.77. The smallest absolute Gasteiger partial charge is 0.285 e. The van der Waals surface area contributed by atoms with Crippen LogP contribution in [0.4, 0.5) is 5.69 Å². The highest BCUT2D eigenvalue weighted by Gasteiger charge is 2.11. The number of benzene rings is 1. The van der Waals surface area contributed by atoms with Crippen LogP contribution in [0.1, 0.15) is 12.0 Å². The van der Waals surface area contributed by atoms with Crippen molar-refractivity contribution in [3.05, 3.63) is 38.9 Å². The van der Waals surface area contributed by atoms with Crippen LogP contribution in [-0.4, -0.2) is 18.5 Å². The molecule has 0 radical (unpaired) electrons. The van der Waals surface area contributed by atoms with E-state index in [-0.39, 0.29) is 5.69 Å². The molecule has 0 aliphatic heterocycles. The van der Waals surface area contributed by atoms with Crippen LogP contribution in [0.5, 0.6) is 0 Å². The molecule has 0 atom stereocenters. The summed E-state index contributed by atoms with van der Waals surface area (Å²) in [6, 6.07) is 4.36. The molecular weight excluding hydrogens is 228 g/mol. The third-order valence-electron chi connectivity index (χ3n) is 1.88. The van der Waals surface area contributed by atoms with Crippen molar-refractivity contribution in [2.24, 2.45) is 0 Å². The molecule has 0 amide bonds. The number of nitrogens with zero attached hydrogens (tertiary/aromatic N) is 1. The van der Waals surface area contributed by atoms with E-state index in [1.165, 1.54) is 18.2 Å². The van der Waals surface area contributed by atoms with E-state index in [0.29, 0.717) is 17.0 Å². The van der Waals surface area contributed by atoms with Crippen LogP contribution in [-0.2, 0) is 0 Å². The Labute approximate surface area is 98.8 Å². The van der Waals surface area contributed by atoms with E-state index in [1.54, 1.807) is 0 Å². The zero-order valence-corrected chi connectivity index (χ0v) is 9.54. The summed E-state index contributed by atoms with van der Waals surface area (Å²) in [7, 11) is 1.82. The zero-order chi connectivity index (χ0) is 12.0. The molecule has 0 aliphatic carbocycles. The topological polar surface area (TPSA) is 55.2 Å². The van der Waals surface area contributed by atoms with Gasteiger partial charge in [-0.05, 0) is 19.2 Å². The van der Waals surface area contributed by atoms with Gasteiger partial charge in [0, 0.05) is 24.1 Å². The van der Waals surface area contributed by atoms with E-state index in [2.05, 4.69) is 17.2 Å². The Morgan fingerprint density at radius 1 is 1.56 bits per heavy atom. The van der Waals surface area contributed by atoms with Gasteiger partial charge in [0.2, 0.25) is 0 Å². The SMILES string of the molecule is CNCCC#Cc1cc(Cl)ccc1[N+](=O)[O-]. The van der Waals surface area contributed by atoms with Gasteiger partial charge in [-0.2, -0.15) is 0 Å². The molecule has 0 unspecified atom stereocenters. The predicted octanol–water partition coefficient (Wildman–Crippen LogP) is 2.21. The minimum Gasteiger partial charge on any atom is -0.319 e. The summed E-state index contributed by atoms with van der Waals surface area (Å²) in [5, 5.41) is 14.1. The van der Waals surface area contributed by atoms with E-state index >= 15 is 0 Å². The number of hydrogen-bond donors (Lipinski definition) is 1. The Bertz CT molecular complexity index is 449. The molecule has 16 heavy (non-hydrogen) atoms. The third-order valence-corrected chi connectivity index (χ3v) is 2.11. The summed E-state index contributed by atoms with van der Waals surface area (Å²) in [6.45, 7) is 0.751. The average Bonchev–Trinajstić information content (AvgIpc) is 2.24. The van der Waals surface area contributed by atoms with Crippen molar-refractivity contribution < 1.29 is 4.92 Å². The summed E-state index contributed by atoms with van der Waals surface area (Å²) in [6.07, 6.45) is 0.639. The van der Waals surface area contributed by atoms with E-state index in [0.717, 1.165) is 6.54 Å². The number of halogens is 1. The summed E-state index contributed by atoms with van der Waals surface area (Å²) in [4.78, 5) is 10.2. The van der Waals surface area contributed by atoms with Gasteiger partial charge >= 0.3 is 0 Å². The fourth-order valence-corrected chi connectivity index (χ4v) is 1.28. The first-order valence-corrected chi connectivity index (χ1v) is 5.10. The second kappa shape index (κ2) is 6.11. The van der Waals surface area contributed by atoms with Crippen LogP contribution in [0.15, 0.2) is 18.2 Å². The first-order valence-electron chi connectivity index (χ1n) is 4.72. The fraction of sp³-hybridized carbons (Fsp3) is 0.273. The molecule has 1 aromatic carbocycles. The lowest BCUT2D eigenvalue weighted by atomic mass is 10.2. The van der Waals surface area contributed by atoms with Crippen LogP contribution >= 0.6 is 11.6 Å². The largest absolute Gasteiger partial charge is 0.319 e. The third kappa shape index (κ3) is 3.54. The van der Waals surface area contributed by atoms with Gasteiger partial charge in [0.25, 0.3) is 5.69 Å². The summed E-state index contributed by atoms with van der Waals surface area (Å²) >= 11 is 5.76. The molecular formula is C11H11ClN2O2. The highest BCUT2D eigenvalue weighted by atomic mass is 35.5. The van der Waals surface area contributed by atoms with Crippen molar-refractivity contribution in [3.8, 4) is 11.8 Å². The molecule has 0 aromatic heterocycles. The first kappa shape index (κ1) is 12.5. The quantitative estimate of drug-likeness (QED) is 0.380. The van der Waals surface area contributed by atoms with Crippen LogP contribution in [0, 0.1) is 22.0 Å². The van der Waals surface area contributed by atoms with Gasteiger partial charge < -0.3 is 5.32 Å². The van der Waals surface area contributed by atoms with Crippen molar-refractivity contribution in [2.45, 2.75) is 6.42 Å². The second-order valence-corrected chi connectivity index (χ2v) is 3.51. The standard InChI is InChI=1S/C11H11ClN2O2/c1-13-7-3-2-4-9-8-10(12)5-6-11(9)14(15)16/h5-6,8,13H,3,7H2,1H3. The van der Waals surface area contributed by atoms with Crippen molar-refractivity contribution >= 4 is 17.3 Å². The van der Waals surface area contributed by atoms with Crippen LogP contribution in [0.25, 0.3) is 0 Å². The zero-order valence-electron chi connectivity index (χ0n) is 8.79. The molecule has 4 nitrogen and oxygen atoms in total. The number of nitro benzene ring substituents is 1. The van der Waals surface area contributed by atoms with Crippen LogP contribution in [0.2, 0.25) is 5.02 Å². The van der Waals surface area contributed by atoms with Gasteiger partial charge in [-0.15, -0.1) is 0 Å². The van der Waals surface area contributed by atoms with Gasteiger partial charge in [-0.25, -0.2) is 0 Å². The van der Waals surface area contributed by atoms with Gasteiger partial charge in [0.1, 0.15) is 5.56 Å².